The van der Waals surface area contributed by atoms with E-state index in [1.165, 1.54) is 24.8 Å². The second kappa shape index (κ2) is 7.34. The van der Waals surface area contributed by atoms with Crippen molar-refractivity contribution < 1.29 is 5.11 Å². The van der Waals surface area contributed by atoms with Crippen LogP contribution in [0.5, 0.6) is 0 Å². The Hall–Kier alpha value is -1.12. The number of aliphatic hydroxyl groups excluding tert-OH is 1. The summed E-state index contributed by atoms with van der Waals surface area (Å²) in [6, 6.07) is 10.4. The third kappa shape index (κ3) is 3.97. The topological polar surface area (TPSA) is 32.3 Å². The molecule has 0 amide bonds. The molecule has 2 N–H and O–H groups in total. The van der Waals surface area contributed by atoms with Crippen LogP contribution in [-0.2, 0) is 0 Å². The molecule has 0 spiro atoms. The molecule has 1 aliphatic carbocycles. The summed E-state index contributed by atoms with van der Waals surface area (Å²) in [5, 5.41) is 12.7. The van der Waals surface area contributed by atoms with Crippen LogP contribution in [0.3, 0.4) is 0 Å². The normalized spacial score (nSPS) is 23.8. The van der Waals surface area contributed by atoms with Gasteiger partial charge >= 0.3 is 0 Å². The first kappa shape index (κ1) is 13.3. The molecule has 1 fully saturated rings. The van der Waals surface area contributed by atoms with Crippen molar-refractivity contribution in [2.75, 3.05) is 19.7 Å². The molecule has 0 radical (unpaired) electrons. The molecule has 1 aliphatic rings. The molecule has 2 atom stereocenters. The standard InChI is InChI=1S/C16H23NO/c18-13-16-10-4-9-15(16)12-17-11-5-8-14-6-2-1-3-7-14/h1-3,5-8,15-18H,4,9-13H2. The van der Waals surface area contributed by atoms with Crippen molar-refractivity contribution in [1.29, 1.82) is 0 Å². The molecule has 2 heteroatoms. The van der Waals surface area contributed by atoms with Crippen molar-refractivity contribution in [3.8, 4) is 0 Å². The van der Waals surface area contributed by atoms with E-state index in [1.54, 1.807) is 0 Å². The monoisotopic (exact) mass is 245 g/mol. The summed E-state index contributed by atoms with van der Waals surface area (Å²) in [5.41, 5.74) is 1.24. The van der Waals surface area contributed by atoms with Crippen LogP contribution in [0.4, 0.5) is 0 Å². The van der Waals surface area contributed by atoms with Crippen LogP contribution in [0.2, 0.25) is 0 Å². The molecule has 2 unspecified atom stereocenters. The summed E-state index contributed by atoms with van der Waals surface area (Å²) in [4.78, 5) is 0. The third-order valence-corrected chi connectivity index (χ3v) is 3.83. The van der Waals surface area contributed by atoms with Crippen LogP contribution >= 0.6 is 0 Å². The molecule has 0 aliphatic heterocycles. The SMILES string of the molecule is OCC1CCCC1CNCC=Cc1ccccc1. The van der Waals surface area contributed by atoms with Gasteiger partial charge in [-0.25, -0.2) is 0 Å². The maximum Gasteiger partial charge on any atom is 0.0462 e. The van der Waals surface area contributed by atoms with E-state index in [0.717, 1.165) is 13.1 Å². The number of hydrogen-bond acceptors (Lipinski definition) is 2. The van der Waals surface area contributed by atoms with Crippen LogP contribution < -0.4 is 5.32 Å². The van der Waals surface area contributed by atoms with Gasteiger partial charge in [-0.1, -0.05) is 48.9 Å². The minimum atomic E-state index is 0.353. The number of hydrogen-bond donors (Lipinski definition) is 2. The van der Waals surface area contributed by atoms with E-state index < -0.39 is 0 Å². The molecule has 1 aromatic rings. The van der Waals surface area contributed by atoms with Crippen molar-refractivity contribution in [3.05, 3.63) is 42.0 Å². The molecule has 0 aromatic heterocycles. The second-order valence-corrected chi connectivity index (χ2v) is 5.10. The first-order valence-electron chi connectivity index (χ1n) is 6.93. The summed E-state index contributed by atoms with van der Waals surface area (Å²) in [6.07, 6.45) is 8.05. The van der Waals surface area contributed by atoms with E-state index in [2.05, 4.69) is 41.7 Å². The molecule has 1 aromatic carbocycles. The van der Waals surface area contributed by atoms with Crippen LogP contribution in [0, 0.1) is 11.8 Å². The Kier molecular flexibility index (Phi) is 5.43. The first-order valence-corrected chi connectivity index (χ1v) is 6.93. The van der Waals surface area contributed by atoms with E-state index in [-0.39, 0.29) is 0 Å². The average Bonchev–Trinajstić information content (AvgIpc) is 2.87. The maximum atomic E-state index is 9.25. The lowest BCUT2D eigenvalue weighted by Gasteiger charge is -2.17. The smallest absolute Gasteiger partial charge is 0.0462 e. The second-order valence-electron chi connectivity index (χ2n) is 5.10. The Morgan fingerprint density at radius 2 is 1.94 bits per heavy atom. The van der Waals surface area contributed by atoms with E-state index in [1.807, 2.05) is 6.07 Å². The lowest BCUT2D eigenvalue weighted by Crippen LogP contribution is -2.26. The zero-order chi connectivity index (χ0) is 12.6. The Morgan fingerprint density at radius 1 is 1.17 bits per heavy atom. The molecule has 18 heavy (non-hydrogen) atoms. The van der Waals surface area contributed by atoms with Gasteiger partial charge in [-0.15, -0.1) is 0 Å². The van der Waals surface area contributed by atoms with E-state index in [9.17, 15) is 5.11 Å². The largest absolute Gasteiger partial charge is 0.396 e. The predicted molar refractivity (Wildman–Crippen MR) is 76.3 cm³/mol. The van der Waals surface area contributed by atoms with Gasteiger partial charge in [0.2, 0.25) is 0 Å². The fourth-order valence-electron chi connectivity index (χ4n) is 2.73. The van der Waals surface area contributed by atoms with Gasteiger partial charge in [-0.05, 0) is 36.8 Å². The van der Waals surface area contributed by atoms with E-state index in [0.29, 0.717) is 18.4 Å². The van der Waals surface area contributed by atoms with Gasteiger partial charge < -0.3 is 10.4 Å². The minimum absolute atomic E-state index is 0.353. The van der Waals surface area contributed by atoms with Crippen molar-refractivity contribution in [1.82, 2.24) is 5.32 Å². The Labute approximate surface area is 110 Å². The lowest BCUT2D eigenvalue weighted by atomic mass is 9.97. The molecule has 0 bridgehead atoms. The van der Waals surface area contributed by atoms with Crippen molar-refractivity contribution in [3.63, 3.8) is 0 Å². The minimum Gasteiger partial charge on any atom is -0.396 e. The first-order chi connectivity index (χ1) is 8.90. The summed E-state index contributed by atoms with van der Waals surface area (Å²) < 4.78 is 0. The Balaban J connectivity index is 1.65. The quantitative estimate of drug-likeness (QED) is 0.755. The van der Waals surface area contributed by atoms with Crippen molar-refractivity contribution >= 4 is 6.08 Å². The Bertz CT molecular complexity index is 361. The van der Waals surface area contributed by atoms with Crippen molar-refractivity contribution in [2.45, 2.75) is 19.3 Å². The maximum absolute atomic E-state index is 9.25. The highest BCUT2D eigenvalue weighted by atomic mass is 16.3. The fraction of sp³-hybridized carbons (Fsp3) is 0.500. The highest BCUT2D eigenvalue weighted by Gasteiger charge is 2.25. The van der Waals surface area contributed by atoms with Gasteiger partial charge in [0.15, 0.2) is 0 Å². The van der Waals surface area contributed by atoms with E-state index >= 15 is 0 Å². The van der Waals surface area contributed by atoms with Gasteiger partial charge in [-0.2, -0.15) is 0 Å². The van der Waals surface area contributed by atoms with Crippen molar-refractivity contribution in [2.24, 2.45) is 11.8 Å². The molecule has 2 rings (SSSR count). The van der Waals surface area contributed by atoms with Crippen LogP contribution in [-0.4, -0.2) is 24.8 Å². The molecule has 1 saturated carbocycles. The number of rotatable bonds is 6. The molecule has 0 saturated heterocycles. The van der Waals surface area contributed by atoms with Gasteiger partial charge in [0.25, 0.3) is 0 Å². The van der Waals surface area contributed by atoms with Gasteiger partial charge in [0.05, 0.1) is 0 Å². The number of nitrogens with one attached hydrogen (secondary N) is 1. The molecule has 98 valence electrons. The fourth-order valence-corrected chi connectivity index (χ4v) is 2.73. The lowest BCUT2D eigenvalue weighted by molar-refractivity contribution is 0.193. The van der Waals surface area contributed by atoms with Crippen LogP contribution in [0.15, 0.2) is 36.4 Å². The molecular weight excluding hydrogens is 222 g/mol. The van der Waals surface area contributed by atoms with E-state index in [4.69, 9.17) is 0 Å². The number of benzene rings is 1. The summed E-state index contributed by atoms with van der Waals surface area (Å²) in [7, 11) is 0. The predicted octanol–water partition coefficient (Wildman–Crippen LogP) is 2.70. The zero-order valence-electron chi connectivity index (χ0n) is 10.9. The highest BCUT2D eigenvalue weighted by molar-refractivity contribution is 5.48. The molecule has 2 nitrogen and oxygen atoms in total. The average molecular weight is 245 g/mol. The molecule has 0 heterocycles. The van der Waals surface area contributed by atoms with Crippen LogP contribution in [0.1, 0.15) is 24.8 Å². The zero-order valence-corrected chi connectivity index (χ0v) is 10.9. The summed E-state index contributed by atoms with van der Waals surface area (Å²) in [5.74, 6) is 1.19. The summed E-state index contributed by atoms with van der Waals surface area (Å²) in [6.45, 7) is 2.29. The van der Waals surface area contributed by atoms with Gasteiger partial charge in [0, 0.05) is 13.2 Å². The van der Waals surface area contributed by atoms with Gasteiger partial charge in [-0.3, -0.25) is 0 Å². The van der Waals surface area contributed by atoms with Crippen LogP contribution in [0.25, 0.3) is 6.08 Å². The molecular formula is C16H23NO. The third-order valence-electron chi connectivity index (χ3n) is 3.83. The highest BCUT2D eigenvalue weighted by Crippen LogP contribution is 2.30. The number of aliphatic hydroxyl groups is 1. The van der Waals surface area contributed by atoms with Gasteiger partial charge in [0.1, 0.15) is 0 Å². The Morgan fingerprint density at radius 3 is 2.72 bits per heavy atom. The summed E-state index contributed by atoms with van der Waals surface area (Å²) >= 11 is 0.